The Balaban J connectivity index is 2.40. The zero-order valence-corrected chi connectivity index (χ0v) is 8.88. The summed E-state index contributed by atoms with van der Waals surface area (Å²) in [5, 5.41) is 0.593. The molecule has 0 amide bonds. The van der Waals surface area contributed by atoms with Gasteiger partial charge in [0, 0.05) is 5.02 Å². The van der Waals surface area contributed by atoms with Crippen LogP contribution >= 0.6 is 11.6 Å². The number of hydrogen-bond donors (Lipinski definition) is 1. The topological polar surface area (TPSA) is 55.4 Å². The molecule has 0 spiro atoms. The van der Waals surface area contributed by atoms with Crippen LogP contribution in [-0.2, 0) is 14.4 Å². The van der Waals surface area contributed by atoms with E-state index < -0.39 is 5.97 Å². The summed E-state index contributed by atoms with van der Waals surface area (Å²) >= 11 is 5.66. The summed E-state index contributed by atoms with van der Waals surface area (Å²) in [4.78, 5) is 26.2. The molecule has 1 N–H and O–H groups in total. The molecule has 80 valence electrons. The third-order valence-corrected chi connectivity index (χ3v) is 1.77. The van der Waals surface area contributed by atoms with Crippen LogP contribution in [0.1, 0.15) is 13.3 Å². The van der Waals surface area contributed by atoms with Crippen LogP contribution in [-0.4, -0.2) is 11.8 Å². The van der Waals surface area contributed by atoms with E-state index in [1.165, 1.54) is 6.92 Å². The Bertz CT molecular complexity index is 361. The van der Waals surface area contributed by atoms with Crippen molar-refractivity contribution in [1.29, 1.82) is 0 Å². The fourth-order valence-electron chi connectivity index (χ4n) is 0.873. The summed E-state index contributed by atoms with van der Waals surface area (Å²) in [6, 6.07) is 6.62. The Labute approximate surface area is 92.1 Å². The summed E-state index contributed by atoms with van der Waals surface area (Å²) in [6.45, 7) is 1.32. The molecule has 1 aromatic carbocycles. The van der Waals surface area contributed by atoms with E-state index in [2.05, 4.69) is 10.3 Å². The lowest BCUT2D eigenvalue weighted by Crippen LogP contribution is -2.13. The third-order valence-electron chi connectivity index (χ3n) is 1.52. The summed E-state index contributed by atoms with van der Waals surface area (Å²) in [7, 11) is 0. The third kappa shape index (κ3) is 4.46. The molecule has 0 heterocycles. The van der Waals surface area contributed by atoms with E-state index >= 15 is 0 Å². The van der Waals surface area contributed by atoms with E-state index in [9.17, 15) is 9.59 Å². The van der Waals surface area contributed by atoms with Gasteiger partial charge in [0.2, 0.25) is 0 Å². The van der Waals surface area contributed by atoms with Gasteiger partial charge >= 0.3 is 5.97 Å². The number of anilines is 1. The first-order chi connectivity index (χ1) is 7.08. The van der Waals surface area contributed by atoms with E-state index in [0.29, 0.717) is 10.7 Å². The van der Waals surface area contributed by atoms with Gasteiger partial charge in [-0.2, -0.15) is 0 Å². The first-order valence-electron chi connectivity index (χ1n) is 4.28. The second-order valence-corrected chi connectivity index (χ2v) is 3.40. The molecule has 0 aliphatic rings. The molecule has 0 aromatic heterocycles. The minimum atomic E-state index is -0.613. The molecule has 0 atom stereocenters. The van der Waals surface area contributed by atoms with E-state index in [-0.39, 0.29) is 12.2 Å². The quantitative estimate of drug-likeness (QED) is 0.633. The Hall–Kier alpha value is -1.55. The fraction of sp³-hybridized carbons (Fsp3) is 0.200. The second kappa shape index (κ2) is 5.36. The highest BCUT2D eigenvalue weighted by Gasteiger charge is 2.06. The van der Waals surface area contributed by atoms with Crippen LogP contribution in [0.5, 0.6) is 0 Å². The average molecular weight is 228 g/mol. The molecular formula is C10H10ClNO3. The van der Waals surface area contributed by atoms with Gasteiger partial charge < -0.3 is 4.84 Å². The zero-order chi connectivity index (χ0) is 11.3. The van der Waals surface area contributed by atoms with Gasteiger partial charge in [0.15, 0.2) is 0 Å². The highest BCUT2D eigenvalue weighted by Crippen LogP contribution is 2.13. The maximum absolute atomic E-state index is 11.0. The van der Waals surface area contributed by atoms with Crippen molar-refractivity contribution in [1.82, 2.24) is 0 Å². The molecule has 0 aliphatic heterocycles. The Kier molecular flexibility index (Phi) is 4.12. The lowest BCUT2D eigenvalue weighted by atomic mass is 10.3. The predicted octanol–water partition coefficient (Wildman–Crippen LogP) is 2.19. The predicted molar refractivity (Wildman–Crippen MR) is 56.5 cm³/mol. The number of benzene rings is 1. The van der Waals surface area contributed by atoms with E-state index in [4.69, 9.17) is 11.6 Å². The van der Waals surface area contributed by atoms with Crippen LogP contribution in [0.2, 0.25) is 5.02 Å². The highest BCUT2D eigenvalue weighted by atomic mass is 35.5. The van der Waals surface area contributed by atoms with Crippen LogP contribution in [0.25, 0.3) is 0 Å². The van der Waals surface area contributed by atoms with Crippen molar-refractivity contribution in [2.45, 2.75) is 13.3 Å². The molecule has 4 nitrogen and oxygen atoms in total. The van der Waals surface area contributed by atoms with Crippen molar-refractivity contribution in [2.24, 2.45) is 0 Å². The molecule has 15 heavy (non-hydrogen) atoms. The van der Waals surface area contributed by atoms with Gasteiger partial charge in [-0.25, -0.2) is 10.3 Å². The van der Waals surface area contributed by atoms with Crippen LogP contribution in [0, 0.1) is 0 Å². The van der Waals surface area contributed by atoms with Crippen molar-refractivity contribution < 1.29 is 14.4 Å². The van der Waals surface area contributed by atoms with E-state index in [0.717, 1.165) is 0 Å². The van der Waals surface area contributed by atoms with Crippen LogP contribution < -0.4 is 5.48 Å². The minimum Gasteiger partial charge on any atom is -0.343 e. The normalized spacial score (nSPS) is 9.47. The molecule has 0 saturated carbocycles. The molecule has 0 aliphatic carbocycles. The summed E-state index contributed by atoms with van der Waals surface area (Å²) < 4.78 is 0. The van der Waals surface area contributed by atoms with Crippen molar-refractivity contribution in [2.75, 3.05) is 5.48 Å². The minimum absolute atomic E-state index is 0.236. The van der Waals surface area contributed by atoms with Gasteiger partial charge in [-0.1, -0.05) is 11.6 Å². The molecule has 5 heteroatoms. The summed E-state index contributed by atoms with van der Waals surface area (Å²) in [5.74, 6) is -0.852. The number of halogens is 1. The second-order valence-electron chi connectivity index (χ2n) is 2.96. The van der Waals surface area contributed by atoms with Crippen molar-refractivity contribution in [3.8, 4) is 0 Å². The molecule has 1 rings (SSSR count). The first-order valence-corrected chi connectivity index (χ1v) is 4.66. The van der Waals surface area contributed by atoms with Crippen LogP contribution in [0.4, 0.5) is 5.69 Å². The molecule has 0 fully saturated rings. The summed E-state index contributed by atoms with van der Waals surface area (Å²) in [6.07, 6.45) is -0.236. The van der Waals surface area contributed by atoms with Crippen LogP contribution in [0.3, 0.4) is 0 Å². The maximum atomic E-state index is 11.0. The van der Waals surface area contributed by atoms with Crippen molar-refractivity contribution in [3.05, 3.63) is 29.3 Å². The lowest BCUT2D eigenvalue weighted by Gasteiger charge is -2.05. The number of carbonyl (C=O) groups is 2. The monoisotopic (exact) mass is 227 g/mol. The summed E-state index contributed by atoms with van der Waals surface area (Å²) in [5.41, 5.74) is 3.01. The fourth-order valence-corrected chi connectivity index (χ4v) is 0.999. The van der Waals surface area contributed by atoms with E-state index in [1.54, 1.807) is 24.3 Å². The molecule has 0 radical (unpaired) electrons. The number of Topliss-reactive ketones (excluding diaryl/α,β-unsaturated/α-hetero) is 1. The Morgan fingerprint density at radius 2 is 1.93 bits per heavy atom. The Morgan fingerprint density at radius 3 is 2.47 bits per heavy atom. The van der Waals surface area contributed by atoms with Gasteiger partial charge in [0.05, 0.1) is 5.69 Å². The molecule has 1 aromatic rings. The van der Waals surface area contributed by atoms with Crippen molar-refractivity contribution >= 4 is 29.0 Å². The number of carbonyl (C=O) groups excluding carboxylic acids is 2. The molecule has 0 unspecified atom stereocenters. The van der Waals surface area contributed by atoms with Gasteiger partial charge in [0.1, 0.15) is 12.2 Å². The number of rotatable bonds is 4. The average Bonchev–Trinajstić information content (AvgIpc) is 2.16. The zero-order valence-electron chi connectivity index (χ0n) is 8.12. The van der Waals surface area contributed by atoms with E-state index in [1.807, 2.05) is 0 Å². The smallest absolute Gasteiger partial charge is 0.339 e. The van der Waals surface area contributed by atoms with Gasteiger partial charge in [-0.15, -0.1) is 0 Å². The largest absolute Gasteiger partial charge is 0.343 e. The number of nitrogens with one attached hydrogen (secondary N) is 1. The van der Waals surface area contributed by atoms with Gasteiger partial charge in [0.25, 0.3) is 0 Å². The van der Waals surface area contributed by atoms with Crippen molar-refractivity contribution in [3.63, 3.8) is 0 Å². The van der Waals surface area contributed by atoms with Gasteiger partial charge in [-0.05, 0) is 31.2 Å². The lowest BCUT2D eigenvalue weighted by molar-refractivity contribution is -0.143. The Morgan fingerprint density at radius 1 is 1.33 bits per heavy atom. The highest BCUT2D eigenvalue weighted by molar-refractivity contribution is 6.30. The molecular weight excluding hydrogens is 218 g/mol. The molecule has 0 bridgehead atoms. The molecule has 0 saturated heterocycles. The maximum Gasteiger partial charge on any atom is 0.339 e. The number of ketones is 1. The number of hydrogen-bond acceptors (Lipinski definition) is 4. The van der Waals surface area contributed by atoms with Crippen LogP contribution in [0.15, 0.2) is 24.3 Å². The SMILES string of the molecule is CC(=O)CC(=O)ONc1ccc(Cl)cc1. The van der Waals surface area contributed by atoms with Gasteiger partial charge in [-0.3, -0.25) is 4.79 Å². The standard InChI is InChI=1S/C10H10ClNO3/c1-7(13)6-10(14)15-12-9-4-2-8(11)3-5-9/h2-5,12H,6H2,1H3. The first kappa shape index (κ1) is 11.5.